The molecule has 0 aromatic heterocycles. The van der Waals surface area contributed by atoms with Crippen molar-refractivity contribution in [3.63, 3.8) is 0 Å². The first-order valence-corrected chi connectivity index (χ1v) is 4.07. The Morgan fingerprint density at radius 3 is 2.93 bits per heavy atom. The maximum atomic E-state index is 12.9. The molecule has 0 amide bonds. The average molecular weight is 195 g/mol. The predicted molar refractivity (Wildman–Crippen MR) is 48.1 cm³/mol. The van der Waals surface area contributed by atoms with Crippen molar-refractivity contribution in [3.8, 4) is 11.8 Å². The Labute approximate surface area is 81.4 Å². The highest BCUT2D eigenvalue weighted by Gasteiger charge is 2.10. The van der Waals surface area contributed by atoms with Crippen LogP contribution in [0.2, 0.25) is 0 Å². The Hall–Kier alpha value is -1.60. The summed E-state index contributed by atoms with van der Waals surface area (Å²) >= 11 is 0. The van der Waals surface area contributed by atoms with Gasteiger partial charge < -0.3 is 9.84 Å². The van der Waals surface area contributed by atoms with Crippen molar-refractivity contribution in [1.29, 1.82) is 5.26 Å². The van der Waals surface area contributed by atoms with Crippen LogP contribution in [0.1, 0.15) is 18.1 Å². The fourth-order valence-electron chi connectivity index (χ4n) is 1.09. The van der Waals surface area contributed by atoms with E-state index in [0.29, 0.717) is 5.56 Å². The van der Waals surface area contributed by atoms with Crippen molar-refractivity contribution in [1.82, 2.24) is 0 Å². The monoisotopic (exact) mass is 195 g/mol. The van der Waals surface area contributed by atoms with Crippen molar-refractivity contribution in [2.45, 2.75) is 12.5 Å². The molecule has 1 rings (SSSR count). The average Bonchev–Trinajstić information content (AvgIpc) is 2.19. The van der Waals surface area contributed by atoms with Crippen molar-refractivity contribution < 1.29 is 14.2 Å². The van der Waals surface area contributed by atoms with Crippen molar-refractivity contribution in [2.75, 3.05) is 7.11 Å². The van der Waals surface area contributed by atoms with Gasteiger partial charge in [-0.15, -0.1) is 0 Å². The van der Waals surface area contributed by atoms with Gasteiger partial charge in [0, 0.05) is 0 Å². The molecule has 1 aromatic rings. The summed E-state index contributed by atoms with van der Waals surface area (Å²) in [7, 11) is 1.35. The summed E-state index contributed by atoms with van der Waals surface area (Å²) in [5, 5.41) is 17.8. The molecule has 1 N–H and O–H groups in total. The molecule has 0 radical (unpaired) electrons. The van der Waals surface area contributed by atoms with Crippen LogP contribution in [-0.4, -0.2) is 12.2 Å². The van der Waals surface area contributed by atoms with Crippen molar-refractivity contribution in [2.24, 2.45) is 0 Å². The maximum absolute atomic E-state index is 12.9. The number of halogens is 1. The summed E-state index contributed by atoms with van der Waals surface area (Å²) in [5.74, 6) is -0.417. The lowest BCUT2D eigenvalue weighted by molar-refractivity contribution is 0.183. The Kier molecular flexibility index (Phi) is 3.43. The summed E-state index contributed by atoms with van der Waals surface area (Å²) in [4.78, 5) is 0. The zero-order valence-electron chi connectivity index (χ0n) is 7.70. The van der Waals surface area contributed by atoms with E-state index in [9.17, 15) is 9.50 Å². The molecular weight excluding hydrogens is 185 g/mol. The van der Waals surface area contributed by atoms with Gasteiger partial charge in [-0.25, -0.2) is 4.39 Å². The van der Waals surface area contributed by atoms with Gasteiger partial charge in [-0.3, -0.25) is 0 Å². The maximum Gasteiger partial charge on any atom is 0.165 e. The molecule has 3 nitrogen and oxygen atoms in total. The summed E-state index contributed by atoms with van der Waals surface area (Å²) < 4.78 is 17.7. The summed E-state index contributed by atoms with van der Waals surface area (Å²) in [6.45, 7) is 0. The molecule has 0 aliphatic rings. The topological polar surface area (TPSA) is 53.2 Å². The Balaban J connectivity index is 2.95. The van der Waals surface area contributed by atoms with E-state index in [1.54, 1.807) is 0 Å². The predicted octanol–water partition coefficient (Wildman–Crippen LogP) is 1.78. The third-order valence-electron chi connectivity index (χ3n) is 1.84. The number of aliphatic hydroxyl groups is 1. The lowest BCUT2D eigenvalue weighted by atomic mass is 10.1. The first-order valence-electron chi connectivity index (χ1n) is 4.07. The van der Waals surface area contributed by atoms with Crippen LogP contribution in [0.4, 0.5) is 4.39 Å². The number of ether oxygens (including phenoxy) is 1. The van der Waals surface area contributed by atoms with E-state index >= 15 is 0 Å². The fourth-order valence-corrected chi connectivity index (χ4v) is 1.09. The van der Waals surface area contributed by atoms with Gasteiger partial charge in [-0.2, -0.15) is 5.26 Å². The highest BCUT2D eigenvalue weighted by Crippen LogP contribution is 2.23. The van der Waals surface area contributed by atoms with Gasteiger partial charge >= 0.3 is 0 Å². The van der Waals surface area contributed by atoms with E-state index in [4.69, 9.17) is 10.00 Å². The number of benzene rings is 1. The quantitative estimate of drug-likeness (QED) is 0.799. The van der Waals surface area contributed by atoms with Gasteiger partial charge in [0.25, 0.3) is 0 Å². The first-order chi connectivity index (χ1) is 6.69. The normalized spacial score (nSPS) is 11.9. The van der Waals surface area contributed by atoms with E-state index in [0.717, 1.165) is 0 Å². The third kappa shape index (κ3) is 2.21. The van der Waals surface area contributed by atoms with Crippen LogP contribution in [0.25, 0.3) is 0 Å². The van der Waals surface area contributed by atoms with E-state index < -0.39 is 11.9 Å². The molecule has 0 aliphatic heterocycles. The second-order valence-corrected chi connectivity index (χ2v) is 2.77. The van der Waals surface area contributed by atoms with E-state index in [2.05, 4.69) is 0 Å². The molecule has 0 fully saturated rings. The molecule has 4 heteroatoms. The molecular formula is C10H10FNO2. The van der Waals surface area contributed by atoms with Crippen LogP contribution in [0, 0.1) is 17.1 Å². The molecule has 0 saturated carbocycles. The molecule has 0 bridgehead atoms. The minimum absolute atomic E-state index is 0.0191. The molecule has 14 heavy (non-hydrogen) atoms. The van der Waals surface area contributed by atoms with E-state index in [-0.39, 0.29) is 12.2 Å². The van der Waals surface area contributed by atoms with Crippen LogP contribution in [0.15, 0.2) is 18.2 Å². The van der Waals surface area contributed by atoms with Gasteiger partial charge in [-0.05, 0) is 17.7 Å². The van der Waals surface area contributed by atoms with Crippen LogP contribution < -0.4 is 4.74 Å². The zero-order chi connectivity index (χ0) is 10.6. The number of hydrogen-bond donors (Lipinski definition) is 1. The van der Waals surface area contributed by atoms with E-state index in [1.165, 1.54) is 25.3 Å². The number of nitriles is 1. The molecule has 1 aromatic carbocycles. The second-order valence-electron chi connectivity index (χ2n) is 2.77. The van der Waals surface area contributed by atoms with Gasteiger partial charge in [0.2, 0.25) is 0 Å². The van der Waals surface area contributed by atoms with Crippen LogP contribution in [0.5, 0.6) is 5.75 Å². The van der Waals surface area contributed by atoms with Crippen LogP contribution in [-0.2, 0) is 0 Å². The van der Waals surface area contributed by atoms with Gasteiger partial charge in [-0.1, -0.05) is 6.07 Å². The first kappa shape index (κ1) is 10.5. The highest BCUT2D eigenvalue weighted by molar-refractivity contribution is 5.31. The summed E-state index contributed by atoms with van der Waals surface area (Å²) in [6, 6.07) is 5.85. The Morgan fingerprint density at radius 2 is 2.36 bits per heavy atom. The number of aliphatic hydroxyl groups excluding tert-OH is 1. The number of rotatable bonds is 3. The molecule has 0 saturated heterocycles. The SMILES string of the molecule is COc1cc(C(O)CC#N)ccc1F. The molecule has 1 atom stereocenters. The Bertz CT molecular complexity index is 360. The molecule has 0 spiro atoms. The zero-order valence-corrected chi connectivity index (χ0v) is 7.70. The molecule has 74 valence electrons. The summed E-state index contributed by atoms with van der Waals surface area (Å²) in [5.41, 5.74) is 0.477. The van der Waals surface area contributed by atoms with Gasteiger partial charge in [0.1, 0.15) is 0 Å². The minimum atomic E-state index is -0.894. The second kappa shape index (κ2) is 4.58. The third-order valence-corrected chi connectivity index (χ3v) is 1.84. The molecule has 1 unspecified atom stereocenters. The fraction of sp³-hybridized carbons (Fsp3) is 0.300. The number of methoxy groups -OCH3 is 1. The largest absolute Gasteiger partial charge is 0.494 e. The van der Waals surface area contributed by atoms with Crippen LogP contribution >= 0.6 is 0 Å². The van der Waals surface area contributed by atoms with Crippen LogP contribution in [0.3, 0.4) is 0 Å². The van der Waals surface area contributed by atoms with Gasteiger partial charge in [0.15, 0.2) is 11.6 Å². The minimum Gasteiger partial charge on any atom is -0.494 e. The van der Waals surface area contributed by atoms with Gasteiger partial charge in [0.05, 0.1) is 25.7 Å². The molecule has 0 aliphatic carbocycles. The number of hydrogen-bond acceptors (Lipinski definition) is 3. The van der Waals surface area contributed by atoms with Crippen molar-refractivity contribution in [3.05, 3.63) is 29.6 Å². The molecule has 0 heterocycles. The lowest BCUT2D eigenvalue weighted by Gasteiger charge is -2.08. The summed E-state index contributed by atoms with van der Waals surface area (Å²) in [6.07, 6.45) is -0.913. The highest BCUT2D eigenvalue weighted by atomic mass is 19.1. The number of nitrogens with zero attached hydrogens (tertiary/aromatic N) is 1. The smallest absolute Gasteiger partial charge is 0.165 e. The standard InChI is InChI=1S/C10H10FNO2/c1-14-10-6-7(2-3-8(10)11)9(13)4-5-12/h2-3,6,9,13H,4H2,1H3. The Morgan fingerprint density at radius 1 is 1.64 bits per heavy atom. The van der Waals surface area contributed by atoms with E-state index in [1.807, 2.05) is 6.07 Å². The lowest BCUT2D eigenvalue weighted by Crippen LogP contribution is -1.97. The van der Waals surface area contributed by atoms with Crippen molar-refractivity contribution >= 4 is 0 Å².